The lowest BCUT2D eigenvalue weighted by Gasteiger charge is -2.09. The number of carboxylic acid groups (broad SMARTS) is 1. The van der Waals surface area contributed by atoms with Crippen LogP contribution in [-0.2, 0) is 4.84 Å². The molecule has 0 unspecified atom stereocenters. The molecule has 1 aromatic rings. The maximum absolute atomic E-state index is 10.5. The molecule has 0 amide bonds. The largest absolute Gasteiger partial charge is 0.478 e. The number of aromatic carboxylic acids is 1. The summed E-state index contributed by atoms with van der Waals surface area (Å²) in [7, 11) is 0. The SMILES string of the molecule is CC(C)ONc1ccc(C(=O)O)cc1. The van der Waals surface area contributed by atoms with Crippen LogP contribution in [0.15, 0.2) is 24.3 Å². The van der Waals surface area contributed by atoms with Crippen LogP contribution in [0.1, 0.15) is 24.2 Å². The van der Waals surface area contributed by atoms with E-state index in [-0.39, 0.29) is 11.7 Å². The number of benzene rings is 1. The number of nitrogens with one attached hydrogen (secondary N) is 1. The van der Waals surface area contributed by atoms with E-state index in [4.69, 9.17) is 9.94 Å². The zero-order valence-electron chi connectivity index (χ0n) is 8.15. The van der Waals surface area contributed by atoms with Crippen LogP contribution in [0.2, 0.25) is 0 Å². The van der Waals surface area contributed by atoms with Crippen LogP contribution in [-0.4, -0.2) is 17.2 Å². The van der Waals surface area contributed by atoms with Gasteiger partial charge in [0.2, 0.25) is 0 Å². The molecule has 2 N–H and O–H groups in total. The minimum atomic E-state index is -0.929. The smallest absolute Gasteiger partial charge is 0.335 e. The van der Waals surface area contributed by atoms with Crippen LogP contribution >= 0.6 is 0 Å². The maximum Gasteiger partial charge on any atom is 0.335 e. The molecular formula is C10H13NO3. The van der Waals surface area contributed by atoms with Gasteiger partial charge >= 0.3 is 5.97 Å². The van der Waals surface area contributed by atoms with Crippen molar-refractivity contribution in [1.82, 2.24) is 0 Å². The van der Waals surface area contributed by atoms with Crippen LogP contribution in [0.4, 0.5) is 5.69 Å². The predicted octanol–water partition coefficient (Wildman–Crippen LogP) is 2.14. The molecule has 0 spiro atoms. The summed E-state index contributed by atoms with van der Waals surface area (Å²) in [6.45, 7) is 3.80. The van der Waals surface area contributed by atoms with Gasteiger partial charge in [-0.15, -0.1) is 0 Å². The van der Waals surface area contributed by atoms with Crippen molar-refractivity contribution in [2.45, 2.75) is 20.0 Å². The maximum atomic E-state index is 10.5. The van der Waals surface area contributed by atoms with Gasteiger partial charge in [-0.2, -0.15) is 0 Å². The van der Waals surface area contributed by atoms with E-state index < -0.39 is 5.97 Å². The highest BCUT2D eigenvalue weighted by Crippen LogP contribution is 2.09. The Hall–Kier alpha value is -1.55. The van der Waals surface area contributed by atoms with Gasteiger partial charge in [-0.1, -0.05) is 0 Å². The molecule has 0 aliphatic rings. The van der Waals surface area contributed by atoms with Gasteiger partial charge in [-0.05, 0) is 38.1 Å². The van der Waals surface area contributed by atoms with E-state index in [1.54, 1.807) is 12.1 Å². The summed E-state index contributed by atoms with van der Waals surface area (Å²) in [5, 5.41) is 8.64. The van der Waals surface area contributed by atoms with Crippen LogP contribution in [0.25, 0.3) is 0 Å². The molecule has 0 heterocycles. The summed E-state index contributed by atoms with van der Waals surface area (Å²) in [6.07, 6.45) is 0.0779. The van der Waals surface area contributed by atoms with Crippen molar-refractivity contribution < 1.29 is 14.7 Å². The molecule has 4 heteroatoms. The predicted molar refractivity (Wildman–Crippen MR) is 53.2 cm³/mol. The minimum absolute atomic E-state index is 0.0779. The van der Waals surface area contributed by atoms with Crippen molar-refractivity contribution in [3.05, 3.63) is 29.8 Å². The molecule has 0 atom stereocenters. The summed E-state index contributed by atoms with van der Waals surface area (Å²) in [6, 6.07) is 6.36. The lowest BCUT2D eigenvalue weighted by atomic mass is 10.2. The molecule has 0 fully saturated rings. The summed E-state index contributed by atoms with van der Waals surface area (Å²) in [5.74, 6) is -0.929. The molecule has 76 valence electrons. The lowest BCUT2D eigenvalue weighted by molar-refractivity contribution is 0.0696. The first-order valence-corrected chi connectivity index (χ1v) is 4.34. The first kappa shape index (κ1) is 10.5. The summed E-state index contributed by atoms with van der Waals surface area (Å²) < 4.78 is 0. The molecule has 0 saturated heterocycles. The molecule has 0 aliphatic heterocycles. The Morgan fingerprint density at radius 1 is 1.36 bits per heavy atom. The highest BCUT2D eigenvalue weighted by molar-refractivity contribution is 5.87. The summed E-state index contributed by atoms with van der Waals surface area (Å²) >= 11 is 0. The van der Waals surface area contributed by atoms with E-state index in [2.05, 4.69) is 5.48 Å². The van der Waals surface area contributed by atoms with Gasteiger partial charge < -0.3 is 5.11 Å². The minimum Gasteiger partial charge on any atom is -0.478 e. The summed E-state index contributed by atoms with van der Waals surface area (Å²) in [5.41, 5.74) is 3.72. The Kier molecular flexibility index (Phi) is 3.48. The average molecular weight is 195 g/mol. The number of carbonyl (C=O) groups is 1. The van der Waals surface area contributed by atoms with Gasteiger partial charge in [0, 0.05) is 0 Å². The molecular weight excluding hydrogens is 182 g/mol. The number of hydrogen-bond donors (Lipinski definition) is 2. The Balaban J connectivity index is 2.60. The Bertz CT molecular complexity index is 306. The fourth-order valence-corrected chi connectivity index (χ4v) is 0.867. The Morgan fingerprint density at radius 2 is 1.93 bits per heavy atom. The van der Waals surface area contributed by atoms with E-state index in [1.165, 1.54) is 12.1 Å². The second-order valence-electron chi connectivity index (χ2n) is 3.15. The summed E-state index contributed by atoms with van der Waals surface area (Å²) in [4.78, 5) is 15.7. The molecule has 1 aromatic carbocycles. The Morgan fingerprint density at radius 3 is 2.36 bits per heavy atom. The number of rotatable bonds is 4. The Labute approximate surface area is 82.5 Å². The van der Waals surface area contributed by atoms with Gasteiger partial charge in [0.25, 0.3) is 0 Å². The molecule has 14 heavy (non-hydrogen) atoms. The third-order valence-corrected chi connectivity index (χ3v) is 1.54. The topological polar surface area (TPSA) is 58.6 Å². The van der Waals surface area contributed by atoms with Crippen molar-refractivity contribution in [2.75, 3.05) is 5.48 Å². The first-order chi connectivity index (χ1) is 6.59. The average Bonchev–Trinajstić information content (AvgIpc) is 2.15. The van der Waals surface area contributed by atoms with Gasteiger partial charge in [-0.3, -0.25) is 10.3 Å². The van der Waals surface area contributed by atoms with Crippen LogP contribution in [0.3, 0.4) is 0 Å². The molecule has 0 bridgehead atoms. The van der Waals surface area contributed by atoms with Crippen molar-refractivity contribution >= 4 is 11.7 Å². The highest BCUT2D eigenvalue weighted by atomic mass is 16.7. The van der Waals surface area contributed by atoms with Crippen molar-refractivity contribution in [3.63, 3.8) is 0 Å². The van der Waals surface area contributed by atoms with Crippen molar-refractivity contribution in [3.8, 4) is 0 Å². The monoisotopic (exact) mass is 195 g/mol. The highest BCUT2D eigenvalue weighted by Gasteiger charge is 2.01. The third-order valence-electron chi connectivity index (χ3n) is 1.54. The van der Waals surface area contributed by atoms with Crippen LogP contribution < -0.4 is 5.48 Å². The van der Waals surface area contributed by atoms with E-state index in [9.17, 15) is 4.79 Å². The van der Waals surface area contributed by atoms with Crippen LogP contribution in [0.5, 0.6) is 0 Å². The molecule has 0 radical (unpaired) electrons. The van der Waals surface area contributed by atoms with Gasteiger partial charge in [0.15, 0.2) is 0 Å². The van der Waals surface area contributed by atoms with Gasteiger partial charge in [0.05, 0.1) is 17.4 Å². The fourth-order valence-electron chi connectivity index (χ4n) is 0.867. The van der Waals surface area contributed by atoms with Crippen molar-refractivity contribution in [1.29, 1.82) is 0 Å². The quantitative estimate of drug-likeness (QED) is 0.722. The first-order valence-electron chi connectivity index (χ1n) is 4.34. The second kappa shape index (κ2) is 4.62. The number of anilines is 1. The number of carboxylic acids is 1. The lowest BCUT2D eigenvalue weighted by Crippen LogP contribution is -2.09. The fraction of sp³-hybridized carbons (Fsp3) is 0.300. The van der Waals surface area contributed by atoms with Gasteiger partial charge in [0.1, 0.15) is 0 Å². The number of hydrogen-bond acceptors (Lipinski definition) is 3. The van der Waals surface area contributed by atoms with Crippen LogP contribution in [0, 0.1) is 0 Å². The molecule has 0 saturated carbocycles. The second-order valence-corrected chi connectivity index (χ2v) is 3.15. The van der Waals surface area contributed by atoms with E-state index in [1.807, 2.05) is 13.8 Å². The zero-order valence-corrected chi connectivity index (χ0v) is 8.15. The molecule has 0 aromatic heterocycles. The van der Waals surface area contributed by atoms with E-state index in [0.717, 1.165) is 5.69 Å². The third kappa shape index (κ3) is 3.06. The zero-order chi connectivity index (χ0) is 10.6. The van der Waals surface area contributed by atoms with Crippen molar-refractivity contribution in [2.24, 2.45) is 0 Å². The van der Waals surface area contributed by atoms with Gasteiger partial charge in [-0.25, -0.2) is 4.79 Å². The molecule has 4 nitrogen and oxygen atoms in total. The molecule has 0 aliphatic carbocycles. The molecule has 1 rings (SSSR count). The normalized spacial score (nSPS) is 10.2. The van der Waals surface area contributed by atoms with E-state index in [0.29, 0.717) is 0 Å². The standard InChI is InChI=1S/C10H13NO3/c1-7(2)14-11-9-5-3-8(4-6-9)10(12)13/h3-7,11H,1-2H3,(H,12,13). The van der Waals surface area contributed by atoms with E-state index >= 15 is 0 Å².